The van der Waals surface area contributed by atoms with E-state index in [1.807, 2.05) is 12.1 Å². The van der Waals surface area contributed by atoms with E-state index >= 15 is 0 Å². The van der Waals surface area contributed by atoms with Crippen LogP contribution in [0.5, 0.6) is 0 Å². The van der Waals surface area contributed by atoms with Gasteiger partial charge in [0.2, 0.25) is 0 Å². The summed E-state index contributed by atoms with van der Waals surface area (Å²) in [7, 11) is 0. The molecule has 0 aliphatic carbocycles. The Kier molecular flexibility index (Phi) is 4.28. The van der Waals surface area contributed by atoms with Crippen molar-refractivity contribution >= 4 is 0 Å². The Bertz CT molecular complexity index is 679. The largest absolute Gasteiger partial charge is 0.396 e. The van der Waals surface area contributed by atoms with Crippen LogP contribution < -0.4 is 5.56 Å². The Morgan fingerprint density at radius 2 is 1.81 bits per heavy atom. The number of aromatic nitrogens is 2. The van der Waals surface area contributed by atoms with Crippen LogP contribution >= 0.6 is 0 Å². The molecule has 4 nitrogen and oxygen atoms in total. The molecule has 0 saturated carbocycles. The fraction of sp³-hybridized carbons (Fsp3) is 0.412. The number of aliphatic hydroxyl groups excluding tert-OH is 1. The Balaban J connectivity index is 2.41. The number of aromatic amines is 1. The monoisotopic (exact) mass is 286 g/mol. The summed E-state index contributed by atoms with van der Waals surface area (Å²) in [5, 5.41) is 8.98. The third-order valence-corrected chi connectivity index (χ3v) is 3.61. The van der Waals surface area contributed by atoms with Crippen LogP contribution in [0.3, 0.4) is 0 Å². The second-order valence-corrected chi connectivity index (χ2v) is 6.28. The molecule has 0 saturated heterocycles. The van der Waals surface area contributed by atoms with E-state index in [1.54, 1.807) is 6.92 Å². The molecular formula is C17H22N2O2. The Morgan fingerprint density at radius 1 is 1.19 bits per heavy atom. The fourth-order valence-corrected chi connectivity index (χ4v) is 2.28. The Morgan fingerprint density at radius 3 is 2.29 bits per heavy atom. The summed E-state index contributed by atoms with van der Waals surface area (Å²) in [6.07, 6.45) is 0.331. The lowest BCUT2D eigenvalue weighted by Crippen LogP contribution is -2.18. The number of aliphatic hydroxyl groups is 1. The van der Waals surface area contributed by atoms with Crippen molar-refractivity contribution in [1.29, 1.82) is 0 Å². The maximum absolute atomic E-state index is 12.0. The van der Waals surface area contributed by atoms with E-state index in [0.29, 0.717) is 23.5 Å². The Hall–Kier alpha value is -1.94. The lowest BCUT2D eigenvalue weighted by molar-refractivity contribution is 0.298. The van der Waals surface area contributed by atoms with E-state index in [-0.39, 0.29) is 17.6 Å². The van der Waals surface area contributed by atoms with Gasteiger partial charge in [0.25, 0.3) is 5.56 Å². The average molecular weight is 286 g/mol. The van der Waals surface area contributed by atoms with Crippen molar-refractivity contribution in [1.82, 2.24) is 9.97 Å². The molecule has 112 valence electrons. The number of aryl methyl sites for hydroxylation is 1. The number of hydrogen-bond acceptors (Lipinski definition) is 3. The summed E-state index contributed by atoms with van der Waals surface area (Å²) in [5.74, 6) is 0.569. The number of rotatable bonds is 3. The van der Waals surface area contributed by atoms with E-state index in [0.717, 1.165) is 5.56 Å². The summed E-state index contributed by atoms with van der Waals surface area (Å²) in [4.78, 5) is 19.3. The van der Waals surface area contributed by atoms with Crippen molar-refractivity contribution in [3.63, 3.8) is 0 Å². The molecule has 0 radical (unpaired) electrons. The van der Waals surface area contributed by atoms with Crippen molar-refractivity contribution in [2.45, 2.75) is 39.5 Å². The molecule has 21 heavy (non-hydrogen) atoms. The van der Waals surface area contributed by atoms with Crippen LogP contribution in [0.4, 0.5) is 0 Å². The van der Waals surface area contributed by atoms with Crippen molar-refractivity contribution in [2.24, 2.45) is 0 Å². The Labute approximate surface area is 124 Å². The molecule has 0 unspecified atom stereocenters. The van der Waals surface area contributed by atoms with Crippen LogP contribution in [0.25, 0.3) is 11.4 Å². The standard InChI is InChI=1S/C17H22N2O2/c1-11-14(9-10-20)16(21)19-15(18-11)12-5-7-13(8-6-12)17(2,3)4/h5-8,20H,9-10H2,1-4H3,(H,18,19,21). The normalized spacial score (nSPS) is 11.7. The molecule has 2 aromatic rings. The smallest absolute Gasteiger partial charge is 0.254 e. The highest BCUT2D eigenvalue weighted by molar-refractivity contribution is 5.56. The molecule has 0 bridgehead atoms. The first-order chi connectivity index (χ1) is 9.82. The van der Waals surface area contributed by atoms with Crippen LogP contribution in [0, 0.1) is 6.92 Å². The second kappa shape index (κ2) is 5.82. The summed E-state index contributed by atoms with van der Waals surface area (Å²) in [5.41, 5.74) is 3.27. The number of nitrogens with one attached hydrogen (secondary N) is 1. The van der Waals surface area contributed by atoms with Gasteiger partial charge in [0.15, 0.2) is 0 Å². The van der Waals surface area contributed by atoms with E-state index < -0.39 is 0 Å². The molecule has 0 aliphatic rings. The van der Waals surface area contributed by atoms with Gasteiger partial charge in [-0.15, -0.1) is 0 Å². The predicted molar refractivity (Wildman–Crippen MR) is 84.5 cm³/mol. The predicted octanol–water partition coefficient (Wildman–Crippen LogP) is 2.58. The van der Waals surface area contributed by atoms with Crippen LogP contribution in [-0.4, -0.2) is 21.7 Å². The minimum atomic E-state index is -0.175. The first kappa shape index (κ1) is 15.4. The van der Waals surface area contributed by atoms with Gasteiger partial charge in [0.05, 0.1) is 0 Å². The molecule has 4 heteroatoms. The van der Waals surface area contributed by atoms with Gasteiger partial charge in [0.1, 0.15) is 5.82 Å². The first-order valence-corrected chi connectivity index (χ1v) is 7.14. The quantitative estimate of drug-likeness (QED) is 0.911. The van der Waals surface area contributed by atoms with E-state index in [1.165, 1.54) is 5.56 Å². The third-order valence-electron chi connectivity index (χ3n) is 3.61. The molecule has 0 fully saturated rings. The fourth-order valence-electron chi connectivity index (χ4n) is 2.28. The maximum atomic E-state index is 12.0. The first-order valence-electron chi connectivity index (χ1n) is 7.14. The summed E-state index contributed by atoms with van der Waals surface area (Å²) in [6.45, 7) is 8.24. The highest BCUT2D eigenvalue weighted by atomic mass is 16.3. The highest BCUT2D eigenvalue weighted by Gasteiger charge is 2.14. The van der Waals surface area contributed by atoms with Gasteiger partial charge in [-0.05, 0) is 17.9 Å². The zero-order valence-corrected chi connectivity index (χ0v) is 13.0. The van der Waals surface area contributed by atoms with Crippen LogP contribution in [0.2, 0.25) is 0 Å². The zero-order valence-electron chi connectivity index (χ0n) is 13.0. The summed E-state index contributed by atoms with van der Waals surface area (Å²) in [6, 6.07) is 8.08. The van der Waals surface area contributed by atoms with E-state index in [4.69, 9.17) is 5.11 Å². The summed E-state index contributed by atoms with van der Waals surface area (Å²) < 4.78 is 0. The second-order valence-electron chi connectivity index (χ2n) is 6.28. The van der Waals surface area contributed by atoms with Crippen molar-refractivity contribution < 1.29 is 5.11 Å². The number of nitrogens with zero attached hydrogens (tertiary/aromatic N) is 1. The average Bonchev–Trinajstić information content (AvgIpc) is 2.42. The molecule has 1 heterocycles. The van der Waals surface area contributed by atoms with E-state index in [9.17, 15) is 4.79 Å². The number of hydrogen-bond donors (Lipinski definition) is 2. The lowest BCUT2D eigenvalue weighted by atomic mass is 9.86. The molecule has 0 atom stereocenters. The molecule has 0 spiro atoms. The topological polar surface area (TPSA) is 66.0 Å². The van der Waals surface area contributed by atoms with Gasteiger partial charge < -0.3 is 10.1 Å². The van der Waals surface area contributed by atoms with Crippen molar-refractivity contribution in [3.8, 4) is 11.4 Å². The molecule has 2 N–H and O–H groups in total. The SMILES string of the molecule is Cc1nc(-c2ccc(C(C)(C)C)cc2)[nH]c(=O)c1CCO. The van der Waals surface area contributed by atoms with Gasteiger partial charge in [-0.3, -0.25) is 4.79 Å². The molecule has 1 aromatic carbocycles. The molecule has 1 aromatic heterocycles. The molecule has 0 amide bonds. The van der Waals surface area contributed by atoms with Crippen molar-refractivity contribution in [3.05, 3.63) is 51.4 Å². The van der Waals surface area contributed by atoms with Gasteiger partial charge in [0, 0.05) is 29.8 Å². The molecule has 2 rings (SSSR count). The summed E-state index contributed by atoms with van der Waals surface area (Å²) >= 11 is 0. The number of benzene rings is 1. The minimum absolute atomic E-state index is 0.0504. The maximum Gasteiger partial charge on any atom is 0.254 e. The molecular weight excluding hydrogens is 264 g/mol. The zero-order chi connectivity index (χ0) is 15.6. The van der Waals surface area contributed by atoms with Crippen LogP contribution in [0.15, 0.2) is 29.1 Å². The minimum Gasteiger partial charge on any atom is -0.396 e. The van der Waals surface area contributed by atoms with E-state index in [2.05, 4.69) is 42.9 Å². The highest BCUT2D eigenvalue weighted by Crippen LogP contribution is 2.24. The molecule has 0 aliphatic heterocycles. The van der Waals surface area contributed by atoms with Gasteiger partial charge >= 0.3 is 0 Å². The number of H-pyrrole nitrogens is 1. The van der Waals surface area contributed by atoms with Crippen LogP contribution in [0.1, 0.15) is 37.6 Å². The van der Waals surface area contributed by atoms with Gasteiger partial charge in [-0.25, -0.2) is 4.98 Å². The van der Waals surface area contributed by atoms with Crippen LogP contribution in [-0.2, 0) is 11.8 Å². The third kappa shape index (κ3) is 3.39. The van der Waals surface area contributed by atoms with Crippen molar-refractivity contribution in [2.75, 3.05) is 6.61 Å². The lowest BCUT2D eigenvalue weighted by Gasteiger charge is -2.19. The van der Waals surface area contributed by atoms with Gasteiger partial charge in [-0.1, -0.05) is 45.0 Å². The van der Waals surface area contributed by atoms with Gasteiger partial charge in [-0.2, -0.15) is 0 Å².